The molecule has 0 fully saturated rings. The molecule has 2 atom stereocenters. The summed E-state index contributed by atoms with van der Waals surface area (Å²) in [5.74, 6) is -2.13. The van der Waals surface area contributed by atoms with Crippen molar-refractivity contribution in [1.29, 1.82) is 0 Å². The molecule has 0 radical (unpaired) electrons. The van der Waals surface area contributed by atoms with Crippen LogP contribution in [0.2, 0.25) is 0 Å². The van der Waals surface area contributed by atoms with E-state index in [1.165, 1.54) is 0 Å². The van der Waals surface area contributed by atoms with E-state index >= 15 is 0 Å². The Morgan fingerprint density at radius 1 is 1.14 bits per heavy atom. The molecule has 0 saturated heterocycles. The molecule has 0 heterocycles. The minimum Gasteiger partial charge on any atom is -0.394 e. The predicted octanol–water partition coefficient (Wildman–Crippen LogP) is 0.351. The second kappa shape index (κ2) is 4.45. The van der Waals surface area contributed by atoms with E-state index in [2.05, 4.69) is 0 Å². The van der Waals surface area contributed by atoms with Crippen molar-refractivity contribution in [2.24, 2.45) is 0 Å². The third kappa shape index (κ3) is 2.25. The molecular formula is C9H10F2O3. The minimum absolute atomic E-state index is 0.0189. The van der Waals surface area contributed by atoms with Gasteiger partial charge < -0.3 is 15.3 Å². The molecule has 1 rings (SSSR count). The molecule has 0 bridgehead atoms. The van der Waals surface area contributed by atoms with E-state index < -0.39 is 30.4 Å². The lowest BCUT2D eigenvalue weighted by Gasteiger charge is -2.15. The fourth-order valence-corrected chi connectivity index (χ4v) is 1.02. The Balaban J connectivity index is 2.91. The maximum Gasteiger partial charge on any atom is 0.159 e. The lowest BCUT2D eigenvalue weighted by Crippen LogP contribution is -2.22. The van der Waals surface area contributed by atoms with Crippen molar-refractivity contribution >= 4 is 0 Å². The van der Waals surface area contributed by atoms with Gasteiger partial charge in [0.1, 0.15) is 12.2 Å². The Labute approximate surface area is 79.2 Å². The fourth-order valence-electron chi connectivity index (χ4n) is 1.02. The van der Waals surface area contributed by atoms with Crippen molar-refractivity contribution in [3.05, 3.63) is 35.4 Å². The van der Waals surface area contributed by atoms with Crippen molar-refractivity contribution in [3.63, 3.8) is 0 Å². The maximum atomic E-state index is 12.7. The molecule has 0 spiro atoms. The lowest BCUT2D eigenvalue weighted by atomic mass is 10.0. The highest BCUT2D eigenvalue weighted by atomic mass is 19.2. The van der Waals surface area contributed by atoms with Gasteiger partial charge in [0.25, 0.3) is 0 Å². The first-order valence-corrected chi connectivity index (χ1v) is 3.98. The topological polar surface area (TPSA) is 60.7 Å². The molecule has 0 amide bonds. The quantitative estimate of drug-likeness (QED) is 0.665. The van der Waals surface area contributed by atoms with Gasteiger partial charge in [0, 0.05) is 0 Å². The summed E-state index contributed by atoms with van der Waals surface area (Å²) in [6, 6.07) is 2.76. The molecule has 3 N–H and O–H groups in total. The van der Waals surface area contributed by atoms with Gasteiger partial charge in [-0.2, -0.15) is 0 Å². The van der Waals surface area contributed by atoms with Crippen LogP contribution in [0, 0.1) is 11.6 Å². The van der Waals surface area contributed by atoms with Gasteiger partial charge in [-0.05, 0) is 17.7 Å². The molecule has 1 aromatic carbocycles. The second-order valence-electron chi connectivity index (χ2n) is 2.87. The smallest absolute Gasteiger partial charge is 0.159 e. The Bertz CT molecular complexity index is 317. The van der Waals surface area contributed by atoms with Crippen LogP contribution in [0.3, 0.4) is 0 Å². The number of halogens is 2. The molecule has 78 valence electrons. The van der Waals surface area contributed by atoms with Gasteiger partial charge in [0.15, 0.2) is 11.6 Å². The van der Waals surface area contributed by atoms with E-state index in [-0.39, 0.29) is 5.56 Å². The molecular weight excluding hydrogens is 194 g/mol. The van der Waals surface area contributed by atoms with Crippen LogP contribution in [-0.4, -0.2) is 28.0 Å². The van der Waals surface area contributed by atoms with E-state index in [1.54, 1.807) is 0 Å². The van der Waals surface area contributed by atoms with Crippen molar-refractivity contribution in [2.75, 3.05) is 6.61 Å². The molecule has 0 aliphatic rings. The third-order valence-electron chi connectivity index (χ3n) is 1.84. The van der Waals surface area contributed by atoms with Crippen LogP contribution >= 0.6 is 0 Å². The van der Waals surface area contributed by atoms with Gasteiger partial charge in [-0.3, -0.25) is 0 Å². The number of hydrogen-bond acceptors (Lipinski definition) is 3. The monoisotopic (exact) mass is 204 g/mol. The molecule has 14 heavy (non-hydrogen) atoms. The van der Waals surface area contributed by atoms with Crippen molar-refractivity contribution in [3.8, 4) is 0 Å². The zero-order chi connectivity index (χ0) is 10.7. The molecule has 0 aliphatic heterocycles. The standard InChI is InChI=1S/C9H10F2O3/c10-6-2-1-5(3-7(6)11)9(14)8(13)4-12/h1-3,8-9,12-14H,4H2. The number of aliphatic hydroxyl groups excluding tert-OH is 3. The highest BCUT2D eigenvalue weighted by Crippen LogP contribution is 2.18. The largest absolute Gasteiger partial charge is 0.394 e. The summed E-state index contributed by atoms with van der Waals surface area (Å²) in [6.45, 7) is -0.653. The first-order chi connectivity index (χ1) is 6.56. The Morgan fingerprint density at radius 2 is 1.79 bits per heavy atom. The molecule has 3 nitrogen and oxygen atoms in total. The number of rotatable bonds is 3. The summed E-state index contributed by atoms with van der Waals surface area (Å²) in [4.78, 5) is 0. The fraction of sp³-hybridized carbons (Fsp3) is 0.333. The first-order valence-electron chi connectivity index (χ1n) is 3.98. The van der Waals surface area contributed by atoms with Crippen molar-refractivity contribution in [1.82, 2.24) is 0 Å². The van der Waals surface area contributed by atoms with Crippen LogP contribution in [0.15, 0.2) is 18.2 Å². The molecule has 0 saturated carbocycles. The highest BCUT2D eigenvalue weighted by Gasteiger charge is 2.18. The van der Waals surface area contributed by atoms with Crippen LogP contribution < -0.4 is 0 Å². The number of benzene rings is 1. The van der Waals surface area contributed by atoms with Crippen LogP contribution in [0.25, 0.3) is 0 Å². The van der Waals surface area contributed by atoms with E-state index in [9.17, 15) is 13.9 Å². The van der Waals surface area contributed by atoms with Gasteiger partial charge in [-0.25, -0.2) is 8.78 Å². The highest BCUT2D eigenvalue weighted by molar-refractivity contribution is 5.20. The number of hydrogen-bond donors (Lipinski definition) is 3. The average Bonchev–Trinajstić information content (AvgIpc) is 2.20. The zero-order valence-corrected chi connectivity index (χ0v) is 7.19. The van der Waals surface area contributed by atoms with E-state index in [1.807, 2.05) is 0 Å². The lowest BCUT2D eigenvalue weighted by molar-refractivity contribution is -0.0154. The van der Waals surface area contributed by atoms with Gasteiger partial charge in [0.2, 0.25) is 0 Å². The first kappa shape index (κ1) is 11.0. The van der Waals surface area contributed by atoms with Crippen LogP contribution in [0.5, 0.6) is 0 Å². The molecule has 0 aliphatic carbocycles. The van der Waals surface area contributed by atoms with Gasteiger partial charge in [-0.15, -0.1) is 0 Å². The van der Waals surface area contributed by atoms with Crippen molar-refractivity contribution in [2.45, 2.75) is 12.2 Å². The Kier molecular flexibility index (Phi) is 3.51. The SMILES string of the molecule is OCC(O)C(O)c1ccc(F)c(F)c1. The summed E-state index contributed by atoms with van der Waals surface area (Å²) < 4.78 is 25.2. The summed E-state index contributed by atoms with van der Waals surface area (Å²) in [5, 5.41) is 26.8. The Morgan fingerprint density at radius 3 is 2.29 bits per heavy atom. The van der Waals surface area contributed by atoms with Crippen LogP contribution in [-0.2, 0) is 0 Å². The zero-order valence-electron chi connectivity index (χ0n) is 7.19. The summed E-state index contributed by atoms with van der Waals surface area (Å²) in [6.07, 6.45) is -2.82. The predicted molar refractivity (Wildman–Crippen MR) is 44.4 cm³/mol. The number of aliphatic hydroxyl groups is 3. The van der Waals surface area contributed by atoms with Crippen LogP contribution in [0.1, 0.15) is 11.7 Å². The second-order valence-corrected chi connectivity index (χ2v) is 2.87. The van der Waals surface area contributed by atoms with E-state index in [4.69, 9.17) is 10.2 Å². The minimum atomic E-state index is -1.42. The third-order valence-corrected chi connectivity index (χ3v) is 1.84. The van der Waals surface area contributed by atoms with Gasteiger partial charge >= 0.3 is 0 Å². The van der Waals surface area contributed by atoms with Gasteiger partial charge in [-0.1, -0.05) is 6.07 Å². The van der Waals surface area contributed by atoms with Gasteiger partial charge in [0.05, 0.1) is 6.61 Å². The normalized spacial score (nSPS) is 15.2. The summed E-state index contributed by atoms with van der Waals surface area (Å²) in [5.41, 5.74) is 0.0189. The maximum absolute atomic E-state index is 12.7. The molecule has 0 aromatic heterocycles. The molecule has 1 aromatic rings. The van der Waals surface area contributed by atoms with E-state index in [0.717, 1.165) is 18.2 Å². The summed E-state index contributed by atoms with van der Waals surface area (Å²) in [7, 11) is 0. The molecule has 2 unspecified atom stereocenters. The summed E-state index contributed by atoms with van der Waals surface area (Å²) >= 11 is 0. The van der Waals surface area contributed by atoms with Crippen LogP contribution in [0.4, 0.5) is 8.78 Å². The van der Waals surface area contributed by atoms with Crippen molar-refractivity contribution < 1.29 is 24.1 Å². The Hall–Kier alpha value is -1.04. The average molecular weight is 204 g/mol. The van der Waals surface area contributed by atoms with E-state index in [0.29, 0.717) is 0 Å². The molecule has 5 heteroatoms.